The monoisotopic (exact) mass is 431 g/mol. The first-order valence-corrected chi connectivity index (χ1v) is 10.6. The third-order valence-corrected chi connectivity index (χ3v) is 6.54. The number of benzene rings is 3. The molecule has 31 heavy (non-hydrogen) atoms. The molecule has 1 heterocycles. The Balaban J connectivity index is 1.85. The summed E-state index contributed by atoms with van der Waals surface area (Å²) in [4.78, 5) is 31.0. The van der Waals surface area contributed by atoms with E-state index in [1.54, 1.807) is 24.0 Å². The van der Waals surface area contributed by atoms with Crippen LogP contribution in [-0.4, -0.2) is 15.8 Å². The lowest BCUT2D eigenvalue weighted by Crippen LogP contribution is -2.31. The Bertz CT molecular complexity index is 1260. The minimum Gasteiger partial charge on any atom is -0.279 e. The number of carbonyl (C=O) groups excluding carboxylic acids is 1. The number of nitro groups is 1. The minimum atomic E-state index is -0.460. The van der Waals surface area contributed by atoms with Crippen molar-refractivity contribution < 1.29 is 9.72 Å². The normalized spacial score (nSPS) is 10.9. The zero-order valence-electron chi connectivity index (χ0n) is 17.5. The van der Waals surface area contributed by atoms with Crippen molar-refractivity contribution >= 4 is 38.3 Å². The Labute approximate surface area is 183 Å². The van der Waals surface area contributed by atoms with Gasteiger partial charge >= 0.3 is 0 Å². The molecule has 1 amide bonds. The van der Waals surface area contributed by atoms with E-state index in [9.17, 15) is 14.9 Å². The number of carbonyl (C=O) groups is 1. The van der Waals surface area contributed by atoms with Gasteiger partial charge in [-0.15, -0.1) is 0 Å². The van der Waals surface area contributed by atoms with Gasteiger partial charge in [0, 0.05) is 17.2 Å². The molecule has 0 saturated carbocycles. The van der Waals surface area contributed by atoms with Crippen LogP contribution in [0, 0.1) is 30.9 Å². The molecular weight excluding hydrogens is 410 g/mol. The first kappa shape index (κ1) is 20.7. The summed E-state index contributed by atoms with van der Waals surface area (Å²) in [7, 11) is 0. The van der Waals surface area contributed by atoms with E-state index in [1.807, 2.05) is 56.3 Å². The highest BCUT2D eigenvalue weighted by atomic mass is 32.1. The molecule has 4 rings (SSSR count). The average Bonchev–Trinajstić information content (AvgIpc) is 3.21. The second-order valence-corrected chi connectivity index (χ2v) is 8.43. The molecule has 1 aromatic heterocycles. The van der Waals surface area contributed by atoms with E-state index < -0.39 is 4.92 Å². The molecule has 4 aromatic rings. The van der Waals surface area contributed by atoms with Crippen molar-refractivity contribution in [1.29, 1.82) is 0 Å². The zero-order chi connectivity index (χ0) is 22.1. The van der Waals surface area contributed by atoms with Crippen LogP contribution in [-0.2, 0) is 6.54 Å². The predicted molar refractivity (Wildman–Crippen MR) is 124 cm³/mol. The van der Waals surface area contributed by atoms with Crippen molar-refractivity contribution in [2.45, 2.75) is 27.3 Å². The topological polar surface area (TPSA) is 76.3 Å². The molecule has 156 valence electrons. The van der Waals surface area contributed by atoms with Crippen LogP contribution in [0.1, 0.15) is 32.6 Å². The maximum absolute atomic E-state index is 13.7. The third-order valence-electron chi connectivity index (χ3n) is 5.32. The molecule has 0 N–H and O–H groups in total. The summed E-state index contributed by atoms with van der Waals surface area (Å²) >= 11 is 1.46. The summed E-state index contributed by atoms with van der Waals surface area (Å²) in [6, 6.07) is 18.3. The molecule has 0 unspecified atom stereocenters. The highest BCUT2D eigenvalue weighted by Gasteiger charge is 2.26. The highest BCUT2D eigenvalue weighted by molar-refractivity contribution is 7.22. The van der Waals surface area contributed by atoms with E-state index in [0.717, 1.165) is 26.9 Å². The van der Waals surface area contributed by atoms with Gasteiger partial charge in [0.05, 0.1) is 21.7 Å². The van der Waals surface area contributed by atoms with Crippen molar-refractivity contribution in [1.82, 2.24) is 4.98 Å². The third kappa shape index (κ3) is 3.92. The van der Waals surface area contributed by atoms with Gasteiger partial charge in [0.1, 0.15) is 0 Å². The first-order chi connectivity index (χ1) is 14.9. The summed E-state index contributed by atoms with van der Waals surface area (Å²) in [5, 5.41) is 12.0. The summed E-state index contributed by atoms with van der Waals surface area (Å²) in [5.41, 5.74) is 4.56. The van der Waals surface area contributed by atoms with Crippen LogP contribution < -0.4 is 4.90 Å². The smallest absolute Gasteiger partial charge is 0.273 e. The second-order valence-electron chi connectivity index (χ2n) is 7.46. The largest absolute Gasteiger partial charge is 0.279 e. The summed E-state index contributed by atoms with van der Waals surface area (Å²) in [5.74, 6) is -0.306. The van der Waals surface area contributed by atoms with Gasteiger partial charge in [0.25, 0.3) is 11.6 Å². The van der Waals surface area contributed by atoms with Gasteiger partial charge in [-0.1, -0.05) is 59.9 Å². The lowest BCUT2D eigenvalue weighted by Gasteiger charge is -2.21. The predicted octanol–water partition coefficient (Wildman–Crippen LogP) is 5.98. The average molecular weight is 432 g/mol. The number of nitrogens with zero attached hydrogens (tertiary/aromatic N) is 3. The Hall–Kier alpha value is -3.58. The van der Waals surface area contributed by atoms with Crippen LogP contribution in [0.25, 0.3) is 10.2 Å². The fraction of sp³-hybridized carbons (Fsp3) is 0.167. The Morgan fingerprint density at radius 1 is 1.00 bits per heavy atom. The Kier molecular flexibility index (Phi) is 5.52. The van der Waals surface area contributed by atoms with Crippen LogP contribution in [0.3, 0.4) is 0 Å². The van der Waals surface area contributed by atoms with Crippen molar-refractivity contribution in [2.75, 3.05) is 4.90 Å². The Morgan fingerprint density at radius 2 is 1.71 bits per heavy atom. The molecule has 0 aliphatic heterocycles. The number of nitro benzene ring substituents is 1. The van der Waals surface area contributed by atoms with Crippen molar-refractivity contribution in [3.63, 3.8) is 0 Å². The number of aryl methyl sites for hydroxylation is 2. The fourth-order valence-corrected chi connectivity index (χ4v) is 4.66. The van der Waals surface area contributed by atoms with Gasteiger partial charge in [-0.05, 0) is 43.5 Å². The molecule has 0 aliphatic carbocycles. The highest BCUT2D eigenvalue weighted by Crippen LogP contribution is 2.35. The number of hydrogen-bond acceptors (Lipinski definition) is 5. The minimum absolute atomic E-state index is 0.0681. The molecule has 0 radical (unpaired) electrons. The van der Waals surface area contributed by atoms with Gasteiger partial charge < -0.3 is 0 Å². The van der Waals surface area contributed by atoms with Crippen LogP contribution >= 0.6 is 11.3 Å². The van der Waals surface area contributed by atoms with Crippen LogP contribution in [0.4, 0.5) is 10.8 Å². The van der Waals surface area contributed by atoms with Crippen LogP contribution in [0.5, 0.6) is 0 Å². The van der Waals surface area contributed by atoms with E-state index >= 15 is 0 Å². The lowest BCUT2D eigenvalue weighted by molar-refractivity contribution is -0.385. The molecule has 6 nitrogen and oxygen atoms in total. The van der Waals surface area contributed by atoms with Crippen LogP contribution in [0.15, 0.2) is 60.7 Å². The van der Waals surface area contributed by atoms with Crippen molar-refractivity contribution in [3.05, 3.63) is 98.6 Å². The lowest BCUT2D eigenvalue weighted by atomic mass is 10.1. The molecule has 0 fully saturated rings. The number of fused-ring (bicyclic) bond motifs is 1. The number of amides is 1. The van der Waals surface area contributed by atoms with Gasteiger partial charge in [0.2, 0.25) is 0 Å². The molecule has 7 heteroatoms. The van der Waals surface area contributed by atoms with Gasteiger partial charge in [-0.2, -0.15) is 0 Å². The summed E-state index contributed by atoms with van der Waals surface area (Å²) < 4.78 is 1.04. The quantitative estimate of drug-likeness (QED) is 0.288. The maximum atomic E-state index is 13.7. The number of rotatable bonds is 5. The number of hydrogen-bond donors (Lipinski definition) is 0. The van der Waals surface area contributed by atoms with Gasteiger partial charge in [0.15, 0.2) is 5.13 Å². The molecule has 0 spiro atoms. The SMILES string of the molecule is Cc1c(C(=O)N(Cc2ccccc2)c2nc3c(C)ccc(C)c3s2)cccc1[N+](=O)[O-]. The molecule has 0 atom stereocenters. The van der Waals surface area contributed by atoms with E-state index in [1.165, 1.54) is 17.4 Å². The molecule has 0 bridgehead atoms. The van der Waals surface area contributed by atoms with Crippen LogP contribution in [0.2, 0.25) is 0 Å². The zero-order valence-corrected chi connectivity index (χ0v) is 18.3. The first-order valence-electron chi connectivity index (χ1n) is 9.83. The standard InChI is InChI=1S/C24H21N3O3S/c1-15-12-13-16(2)22-21(15)25-24(31-22)26(14-18-8-5-4-6-9-18)23(28)19-10-7-11-20(17(19)3)27(29)30/h4-13H,14H2,1-3H3. The van der Waals surface area contributed by atoms with Crippen molar-refractivity contribution in [2.24, 2.45) is 0 Å². The fourth-order valence-electron chi connectivity index (χ4n) is 3.55. The Morgan fingerprint density at radius 3 is 2.39 bits per heavy atom. The second kappa shape index (κ2) is 8.28. The number of aromatic nitrogens is 1. The van der Waals surface area contributed by atoms with Crippen molar-refractivity contribution in [3.8, 4) is 0 Å². The number of thiazole rings is 1. The van der Waals surface area contributed by atoms with Gasteiger partial charge in [-0.3, -0.25) is 19.8 Å². The number of anilines is 1. The molecule has 0 saturated heterocycles. The molecule has 0 aliphatic rings. The molecule has 3 aromatic carbocycles. The van der Waals surface area contributed by atoms with Gasteiger partial charge in [-0.25, -0.2) is 4.98 Å². The molecular formula is C24H21N3O3S. The summed E-state index contributed by atoms with van der Waals surface area (Å²) in [6.07, 6.45) is 0. The van der Waals surface area contributed by atoms with E-state index in [0.29, 0.717) is 22.8 Å². The summed E-state index contributed by atoms with van der Waals surface area (Å²) in [6.45, 7) is 5.95. The van der Waals surface area contributed by atoms with E-state index in [4.69, 9.17) is 4.98 Å². The van der Waals surface area contributed by atoms with E-state index in [-0.39, 0.29) is 11.6 Å². The van der Waals surface area contributed by atoms with E-state index in [2.05, 4.69) is 0 Å². The maximum Gasteiger partial charge on any atom is 0.273 e.